The maximum absolute atomic E-state index is 13.4. The molecule has 7 heteroatoms. The van der Waals surface area contributed by atoms with Gasteiger partial charge in [-0.2, -0.15) is 5.10 Å². The van der Waals surface area contributed by atoms with E-state index >= 15 is 0 Å². The van der Waals surface area contributed by atoms with Gasteiger partial charge in [-0.1, -0.05) is 61.7 Å². The van der Waals surface area contributed by atoms with Gasteiger partial charge in [-0.25, -0.2) is 0 Å². The fourth-order valence-corrected chi connectivity index (χ4v) is 4.38. The molecule has 0 spiro atoms. The van der Waals surface area contributed by atoms with Gasteiger partial charge < -0.3 is 10.6 Å². The van der Waals surface area contributed by atoms with Crippen molar-refractivity contribution in [3.63, 3.8) is 0 Å². The number of amides is 1. The van der Waals surface area contributed by atoms with Crippen LogP contribution in [-0.2, 0) is 13.1 Å². The van der Waals surface area contributed by atoms with Gasteiger partial charge in [0, 0.05) is 35.8 Å². The zero-order valence-corrected chi connectivity index (χ0v) is 18.9. The Kier molecular flexibility index (Phi) is 6.72. The number of nitrogens with two attached hydrogens (primary N) is 1. The smallest absolute Gasteiger partial charge is 0.272 e. The standard InChI is InChI=1S/C25H27ClN4O2/c1-2-3-4-21-15-29(14-18-7-5-17(13-27)6-8-18)25(32)24-12-23(28-30(21)24)22-10-9-20(26)11-19(22)16-31/h5-12,16,21H,2-4,13-15,27H2,1H3. The van der Waals surface area contributed by atoms with Gasteiger partial charge in [0.15, 0.2) is 6.29 Å². The number of nitrogens with zero attached hydrogens (tertiary/aromatic N) is 3. The number of carbonyl (C=O) groups excluding carboxylic acids is 2. The van der Waals surface area contributed by atoms with Crippen molar-refractivity contribution < 1.29 is 9.59 Å². The van der Waals surface area contributed by atoms with Crippen LogP contribution in [0.1, 0.15) is 64.2 Å². The summed E-state index contributed by atoms with van der Waals surface area (Å²) in [7, 11) is 0. The highest BCUT2D eigenvalue weighted by atomic mass is 35.5. The van der Waals surface area contributed by atoms with E-state index in [0.29, 0.717) is 47.2 Å². The van der Waals surface area contributed by atoms with E-state index in [1.807, 2.05) is 33.8 Å². The van der Waals surface area contributed by atoms with Crippen LogP contribution in [0.2, 0.25) is 5.02 Å². The summed E-state index contributed by atoms with van der Waals surface area (Å²) in [6.07, 6.45) is 3.82. The third-order valence-electron chi connectivity index (χ3n) is 5.96. The first-order valence-electron chi connectivity index (χ1n) is 11.0. The van der Waals surface area contributed by atoms with Crippen molar-refractivity contribution in [1.29, 1.82) is 0 Å². The Labute approximate surface area is 193 Å². The Morgan fingerprint density at radius 3 is 2.59 bits per heavy atom. The molecule has 0 radical (unpaired) electrons. The molecule has 0 bridgehead atoms. The van der Waals surface area contributed by atoms with Gasteiger partial charge in [0.25, 0.3) is 5.91 Å². The van der Waals surface area contributed by atoms with E-state index in [1.165, 1.54) is 0 Å². The van der Waals surface area contributed by atoms with E-state index in [9.17, 15) is 9.59 Å². The topological polar surface area (TPSA) is 81.2 Å². The summed E-state index contributed by atoms with van der Waals surface area (Å²) in [6, 6.07) is 15.1. The Morgan fingerprint density at radius 2 is 1.91 bits per heavy atom. The number of aromatic nitrogens is 2. The van der Waals surface area contributed by atoms with Gasteiger partial charge in [0.2, 0.25) is 0 Å². The summed E-state index contributed by atoms with van der Waals surface area (Å²) in [5.41, 5.74) is 10.1. The third-order valence-corrected chi connectivity index (χ3v) is 6.19. The minimum Gasteiger partial charge on any atom is -0.331 e. The molecule has 0 saturated heterocycles. The van der Waals surface area contributed by atoms with Crippen LogP contribution in [0.5, 0.6) is 0 Å². The fraction of sp³-hybridized carbons (Fsp3) is 0.320. The molecule has 6 nitrogen and oxygen atoms in total. The molecular formula is C25H27ClN4O2. The molecule has 1 aromatic heterocycles. The average Bonchev–Trinajstić information content (AvgIpc) is 3.26. The normalized spacial score (nSPS) is 15.7. The molecule has 2 heterocycles. The molecular weight excluding hydrogens is 424 g/mol. The maximum Gasteiger partial charge on any atom is 0.272 e. The number of rotatable bonds is 8. The fourth-order valence-electron chi connectivity index (χ4n) is 4.20. The summed E-state index contributed by atoms with van der Waals surface area (Å²) < 4.78 is 1.85. The van der Waals surface area contributed by atoms with E-state index in [-0.39, 0.29) is 11.9 Å². The van der Waals surface area contributed by atoms with Crippen molar-refractivity contribution in [1.82, 2.24) is 14.7 Å². The number of hydrogen-bond acceptors (Lipinski definition) is 4. The molecule has 0 fully saturated rings. The molecule has 1 unspecified atom stereocenters. The third kappa shape index (κ3) is 4.47. The van der Waals surface area contributed by atoms with Gasteiger partial charge in [-0.05, 0) is 35.7 Å². The summed E-state index contributed by atoms with van der Waals surface area (Å²) in [4.78, 5) is 26.9. The van der Waals surface area contributed by atoms with Gasteiger partial charge in [0.05, 0.1) is 11.7 Å². The van der Waals surface area contributed by atoms with Gasteiger partial charge in [-0.3, -0.25) is 14.3 Å². The lowest BCUT2D eigenvalue weighted by atomic mass is 10.0. The van der Waals surface area contributed by atoms with Crippen molar-refractivity contribution in [2.24, 2.45) is 5.73 Å². The van der Waals surface area contributed by atoms with E-state index < -0.39 is 0 Å². The number of carbonyl (C=O) groups is 2. The highest BCUT2D eigenvalue weighted by Crippen LogP contribution is 2.31. The van der Waals surface area contributed by atoms with Crippen LogP contribution >= 0.6 is 11.6 Å². The molecule has 1 aliphatic rings. The lowest BCUT2D eigenvalue weighted by Crippen LogP contribution is -2.42. The van der Waals surface area contributed by atoms with Crippen LogP contribution < -0.4 is 5.73 Å². The highest BCUT2D eigenvalue weighted by Gasteiger charge is 2.33. The zero-order valence-electron chi connectivity index (χ0n) is 18.1. The molecule has 1 atom stereocenters. The van der Waals surface area contributed by atoms with Gasteiger partial charge >= 0.3 is 0 Å². The van der Waals surface area contributed by atoms with E-state index in [1.54, 1.807) is 24.3 Å². The van der Waals surface area contributed by atoms with Crippen molar-refractivity contribution in [3.05, 3.63) is 75.9 Å². The number of hydrogen-bond donors (Lipinski definition) is 1. The summed E-state index contributed by atoms with van der Waals surface area (Å²) in [5, 5.41) is 5.25. The first-order chi connectivity index (χ1) is 15.5. The largest absolute Gasteiger partial charge is 0.331 e. The molecule has 4 rings (SSSR count). The second-order valence-corrected chi connectivity index (χ2v) is 8.65. The number of benzene rings is 2. The van der Waals surface area contributed by atoms with E-state index in [0.717, 1.165) is 36.7 Å². The molecule has 1 aliphatic heterocycles. The van der Waals surface area contributed by atoms with Crippen molar-refractivity contribution in [2.75, 3.05) is 6.54 Å². The minimum atomic E-state index is -0.0546. The predicted molar refractivity (Wildman–Crippen MR) is 126 cm³/mol. The Morgan fingerprint density at radius 1 is 1.16 bits per heavy atom. The first kappa shape index (κ1) is 22.2. The molecule has 3 aromatic rings. The van der Waals surface area contributed by atoms with Crippen LogP contribution in [0.25, 0.3) is 11.3 Å². The first-order valence-corrected chi connectivity index (χ1v) is 11.3. The molecule has 1 amide bonds. The SMILES string of the molecule is CCCCC1CN(Cc2ccc(CN)cc2)C(=O)c2cc(-c3ccc(Cl)cc3C=O)nn21. The lowest BCUT2D eigenvalue weighted by molar-refractivity contribution is 0.0635. The summed E-state index contributed by atoms with van der Waals surface area (Å²) in [5.74, 6) is -0.0546. The average molecular weight is 451 g/mol. The van der Waals surface area contributed by atoms with Gasteiger partial charge in [-0.15, -0.1) is 0 Å². The van der Waals surface area contributed by atoms with E-state index in [4.69, 9.17) is 22.4 Å². The Balaban J connectivity index is 1.68. The quantitative estimate of drug-likeness (QED) is 0.497. The van der Waals surface area contributed by atoms with Crippen molar-refractivity contribution >= 4 is 23.8 Å². The lowest BCUT2D eigenvalue weighted by Gasteiger charge is -2.33. The predicted octanol–water partition coefficient (Wildman–Crippen LogP) is 4.86. The maximum atomic E-state index is 13.4. The van der Waals surface area contributed by atoms with Crippen molar-refractivity contribution in [3.8, 4) is 11.3 Å². The molecule has 0 saturated carbocycles. The minimum absolute atomic E-state index is 0.0546. The number of halogens is 1. The summed E-state index contributed by atoms with van der Waals surface area (Å²) >= 11 is 6.05. The number of unbranched alkanes of at least 4 members (excludes halogenated alkanes) is 1. The Hall–Kier alpha value is -2.96. The summed E-state index contributed by atoms with van der Waals surface area (Å²) in [6.45, 7) is 3.79. The molecule has 2 aromatic carbocycles. The molecule has 166 valence electrons. The van der Waals surface area contributed by atoms with Crippen LogP contribution in [0.3, 0.4) is 0 Å². The highest BCUT2D eigenvalue weighted by molar-refractivity contribution is 6.31. The van der Waals surface area contributed by atoms with Crippen LogP contribution in [-0.4, -0.2) is 33.4 Å². The number of fused-ring (bicyclic) bond motifs is 1. The second kappa shape index (κ2) is 9.67. The van der Waals surface area contributed by atoms with Crippen LogP contribution in [0.4, 0.5) is 0 Å². The molecule has 0 aliphatic carbocycles. The van der Waals surface area contributed by atoms with Crippen molar-refractivity contribution in [2.45, 2.75) is 45.3 Å². The van der Waals surface area contributed by atoms with Gasteiger partial charge in [0.1, 0.15) is 5.69 Å². The monoisotopic (exact) mass is 450 g/mol. The Bertz CT molecular complexity index is 1120. The molecule has 2 N–H and O–H groups in total. The zero-order chi connectivity index (χ0) is 22.7. The van der Waals surface area contributed by atoms with E-state index in [2.05, 4.69) is 6.92 Å². The van der Waals surface area contributed by atoms with Crippen LogP contribution in [0.15, 0.2) is 48.5 Å². The second-order valence-electron chi connectivity index (χ2n) is 8.21. The number of aldehydes is 1. The molecule has 32 heavy (non-hydrogen) atoms. The van der Waals surface area contributed by atoms with Crippen LogP contribution in [0, 0.1) is 0 Å².